The van der Waals surface area contributed by atoms with E-state index in [0.717, 1.165) is 12.1 Å². The molecule has 0 spiro atoms. The fourth-order valence-electron chi connectivity index (χ4n) is 5.07. The average molecular weight is 505 g/mol. The highest BCUT2D eigenvalue weighted by Crippen LogP contribution is 2.31. The maximum atomic E-state index is 13.5. The van der Waals surface area contributed by atoms with Gasteiger partial charge in [-0.1, -0.05) is 6.07 Å². The van der Waals surface area contributed by atoms with E-state index in [-0.39, 0.29) is 50.5 Å². The van der Waals surface area contributed by atoms with Crippen molar-refractivity contribution in [3.05, 3.63) is 51.9 Å². The van der Waals surface area contributed by atoms with Crippen LogP contribution in [0.5, 0.6) is 5.88 Å². The number of aromatic nitrogens is 2. The normalized spacial score (nSPS) is 20.4. The summed E-state index contributed by atoms with van der Waals surface area (Å²) >= 11 is 0. The lowest BCUT2D eigenvalue weighted by atomic mass is 9.88. The standard InChI is InChI=1S/C23H25F2N5O6/c24-16-2-1-14(9-17(16)25)13-36-18-10-19-29-6-5-28(11-15(29)12-30(19)21(32)26-18)20(31)23(27-22(33)34)3-7-35-8-4-23/h1-2,9-10,15,27H,3-8,11-13H2,(H,33,34). The second-order valence-electron chi connectivity index (χ2n) is 9.11. The molecule has 5 rings (SSSR count). The molecular weight excluding hydrogens is 480 g/mol. The Hall–Kier alpha value is -3.74. The summed E-state index contributed by atoms with van der Waals surface area (Å²) in [5, 5.41) is 11.7. The molecule has 11 nitrogen and oxygen atoms in total. The molecule has 1 aromatic carbocycles. The molecule has 3 aliphatic heterocycles. The highest BCUT2D eigenvalue weighted by molar-refractivity contribution is 5.90. The first-order valence-electron chi connectivity index (χ1n) is 11.6. The van der Waals surface area contributed by atoms with E-state index in [1.165, 1.54) is 10.6 Å². The van der Waals surface area contributed by atoms with E-state index in [9.17, 15) is 28.3 Å². The number of fused-ring (bicyclic) bond motifs is 3. The minimum absolute atomic E-state index is 0.0574. The lowest BCUT2D eigenvalue weighted by molar-refractivity contribution is -0.143. The Morgan fingerprint density at radius 1 is 1.17 bits per heavy atom. The van der Waals surface area contributed by atoms with Crippen LogP contribution in [0.2, 0.25) is 0 Å². The topological polar surface area (TPSA) is 126 Å². The van der Waals surface area contributed by atoms with Gasteiger partial charge < -0.3 is 29.7 Å². The molecule has 1 atom stereocenters. The minimum atomic E-state index is -1.26. The Kier molecular flexibility index (Phi) is 6.24. The van der Waals surface area contributed by atoms with Crippen molar-refractivity contribution in [1.29, 1.82) is 0 Å². The lowest BCUT2D eigenvalue weighted by Crippen LogP contribution is -2.65. The van der Waals surface area contributed by atoms with Gasteiger partial charge in [-0.25, -0.2) is 18.4 Å². The zero-order valence-electron chi connectivity index (χ0n) is 19.3. The molecule has 2 amide bonds. The summed E-state index contributed by atoms with van der Waals surface area (Å²) < 4.78 is 39.0. The maximum Gasteiger partial charge on any atom is 0.405 e. The molecular formula is C23H25F2N5O6. The molecule has 192 valence electrons. The average Bonchev–Trinajstić information content (AvgIpc) is 3.23. The quantitative estimate of drug-likeness (QED) is 0.615. The Morgan fingerprint density at radius 3 is 2.67 bits per heavy atom. The fraction of sp³-hybridized carbons (Fsp3) is 0.478. The Balaban J connectivity index is 1.29. The van der Waals surface area contributed by atoms with Crippen LogP contribution in [0.15, 0.2) is 29.1 Å². The Labute approximate surface area is 204 Å². The summed E-state index contributed by atoms with van der Waals surface area (Å²) in [5.41, 5.74) is -1.36. The van der Waals surface area contributed by atoms with Crippen molar-refractivity contribution in [3.8, 4) is 5.88 Å². The SMILES string of the molecule is O=C(O)NC1(C(=O)N2CCN3c4cc(OCc5ccc(F)c(F)c5)nc(=O)n4CC3C2)CCOCC1. The highest BCUT2D eigenvalue weighted by atomic mass is 19.2. The number of rotatable bonds is 5. The number of amides is 2. The molecule has 2 N–H and O–H groups in total. The lowest BCUT2D eigenvalue weighted by Gasteiger charge is -2.44. The first kappa shape index (κ1) is 24.0. The molecule has 2 fully saturated rings. The van der Waals surface area contributed by atoms with Crippen LogP contribution in [-0.4, -0.2) is 76.0 Å². The minimum Gasteiger partial charge on any atom is -0.473 e. The predicted octanol–water partition coefficient (Wildman–Crippen LogP) is 0.948. The van der Waals surface area contributed by atoms with E-state index in [2.05, 4.69) is 10.3 Å². The van der Waals surface area contributed by atoms with Gasteiger partial charge in [-0.15, -0.1) is 0 Å². The molecule has 2 saturated heterocycles. The van der Waals surface area contributed by atoms with Gasteiger partial charge in [-0.3, -0.25) is 9.36 Å². The largest absolute Gasteiger partial charge is 0.473 e. The Morgan fingerprint density at radius 2 is 1.94 bits per heavy atom. The van der Waals surface area contributed by atoms with Crippen LogP contribution in [0.3, 0.4) is 0 Å². The van der Waals surface area contributed by atoms with Gasteiger partial charge in [0.25, 0.3) is 0 Å². The van der Waals surface area contributed by atoms with Gasteiger partial charge in [0.15, 0.2) is 11.6 Å². The van der Waals surface area contributed by atoms with Crippen LogP contribution >= 0.6 is 0 Å². The monoisotopic (exact) mass is 505 g/mol. The fourth-order valence-corrected chi connectivity index (χ4v) is 5.07. The number of nitrogens with zero attached hydrogens (tertiary/aromatic N) is 4. The molecule has 1 aromatic heterocycles. The van der Waals surface area contributed by atoms with Crippen LogP contribution in [0.25, 0.3) is 0 Å². The molecule has 0 radical (unpaired) electrons. The van der Waals surface area contributed by atoms with Crippen LogP contribution in [0, 0.1) is 11.6 Å². The predicted molar refractivity (Wildman–Crippen MR) is 121 cm³/mol. The number of halogens is 2. The second kappa shape index (κ2) is 9.37. The van der Waals surface area contributed by atoms with E-state index in [0.29, 0.717) is 37.6 Å². The van der Waals surface area contributed by atoms with Crippen LogP contribution < -0.4 is 20.6 Å². The molecule has 3 aliphatic rings. The Bertz CT molecular complexity index is 1250. The summed E-state index contributed by atoms with van der Waals surface area (Å²) in [4.78, 5) is 45.1. The van der Waals surface area contributed by atoms with Gasteiger partial charge in [0.05, 0.1) is 12.6 Å². The summed E-state index contributed by atoms with van der Waals surface area (Å²) in [6, 6.07) is 4.83. The number of hydrogen-bond donors (Lipinski definition) is 2. The number of nitrogens with one attached hydrogen (secondary N) is 1. The van der Waals surface area contributed by atoms with Crippen molar-refractivity contribution in [2.75, 3.05) is 37.7 Å². The molecule has 1 unspecified atom stereocenters. The molecule has 0 saturated carbocycles. The van der Waals surface area contributed by atoms with Crippen molar-refractivity contribution in [3.63, 3.8) is 0 Å². The zero-order chi connectivity index (χ0) is 25.4. The highest BCUT2D eigenvalue weighted by Gasteiger charge is 2.46. The van der Waals surface area contributed by atoms with E-state index in [4.69, 9.17) is 9.47 Å². The van der Waals surface area contributed by atoms with Crippen LogP contribution in [0.1, 0.15) is 18.4 Å². The van der Waals surface area contributed by atoms with E-state index in [1.54, 1.807) is 11.0 Å². The maximum absolute atomic E-state index is 13.5. The molecule has 36 heavy (non-hydrogen) atoms. The van der Waals surface area contributed by atoms with Crippen LogP contribution in [-0.2, 0) is 22.7 Å². The smallest absolute Gasteiger partial charge is 0.405 e. The van der Waals surface area contributed by atoms with Crippen molar-refractivity contribution in [1.82, 2.24) is 19.8 Å². The van der Waals surface area contributed by atoms with E-state index in [1.807, 2.05) is 4.90 Å². The van der Waals surface area contributed by atoms with Gasteiger partial charge in [0.1, 0.15) is 18.0 Å². The number of ether oxygens (including phenoxy) is 2. The summed E-state index contributed by atoms with van der Waals surface area (Å²) in [6.45, 7) is 1.89. The molecule has 0 aliphatic carbocycles. The number of carbonyl (C=O) groups excluding carboxylic acids is 1. The van der Waals surface area contributed by atoms with E-state index >= 15 is 0 Å². The molecule has 0 bridgehead atoms. The van der Waals surface area contributed by atoms with Crippen molar-refractivity contribution in [2.24, 2.45) is 0 Å². The van der Waals surface area contributed by atoms with Gasteiger partial charge in [-0.2, -0.15) is 4.98 Å². The summed E-state index contributed by atoms with van der Waals surface area (Å²) in [7, 11) is 0. The van der Waals surface area contributed by atoms with Crippen molar-refractivity contribution >= 4 is 17.8 Å². The summed E-state index contributed by atoms with van der Waals surface area (Å²) in [5.74, 6) is -1.59. The van der Waals surface area contributed by atoms with Gasteiger partial charge in [0, 0.05) is 51.8 Å². The molecule has 13 heteroatoms. The zero-order valence-corrected chi connectivity index (χ0v) is 19.3. The summed E-state index contributed by atoms with van der Waals surface area (Å²) in [6.07, 6.45) is -0.748. The molecule has 4 heterocycles. The first-order chi connectivity index (χ1) is 17.3. The van der Waals surface area contributed by atoms with E-state index < -0.39 is 29.0 Å². The van der Waals surface area contributed by atoms with Gasteiger partial charge >= 0.3 is 11.8 Å². The van der Waals surface area contributed by atoms with Crippen molar-refractivity contribution < 1.29 is 33.0 Å². The number of benzene rings is 1. The molecule has 2 aromatic rings. The second-order valence-corrected chi connectivity index (χ2v) is 9.11. The number of piperazine rings is 1. The first-order valence-corrected chi connectivity index (χ1v) is 11.6. The third kappa shape index (κ3) is 4.45. The van der Waals surface area contributed by atoms with Gasteiger partial charge in [-0.05, 0) is 17.7 Å². The van der Waals surface area contributed by atoms with Gasteiger partial charge in [0.2, 0.25) is 11.8 Å². The van der Waals surface area contributed by atoms with Crippen LogP contribution in [0.4, 0.5) is 19.4 Å². The number of anilines is 1. The number of carboxylic acid groups (broad SMARTS) is 1. The third-order valence-electron chi connectivity index (χ3n) is 6.90. The third-order valence-corrected chi connectivity index (χ3v) is 6.90. The number of hydrogen-bond acceptors (Lipinski definition) is 7. The van der Waals surface area contributed by atoms with Crippen molar-refractivity contribution in [2.45, 2.75) is 37.6 Å². The number of carbonyl (C=O) groups is 2.